The van der Waals surface area contributed by atoms with Gasteiger partial charge in [0.1, 0.15) is 5.75 Å². The minimum atomic E-state index is -0.117. The van der Waals surface area contributed by atoms with Gasteiger partial charge >= 0.3 is 0 Å². The van der Waals surface area contributed by atoms with Crippen LogP contribution in [0.2, 0.25) is 0 Å². The van der Waals surface area contributed by atoms with Crippen LogP contribution >= 0.6 is 12.4 Å². The molecule has 1 fully saturated rings. The zero-order chi connectivity index (χ0) is 16.9. The van der Waals surface area contributed by atoms with Crippen LogP contribution in [-0.4, -0.2) is 35.4 Å². The van der Waals surface area contributed by atoms with Gasteiger partial charge in [-0.1, -0.05) is 19.1 Å². The van der Waals surface area contributed by atoms with E-state index >= 15 is 0 Å². The Bertz CT molecular complexity index is 704. The van der Waals surface area contributed by atoms with Crippen molar-refractivity contribution in [2.75, 3.05) is 25.0 Å². The van der Waals surface area contributed by atoms with Gasteiger partial charge in [-0.2, -0.15) is 5.10 Å². The monoisotopic (exact) mass is 364 g/mol. The molecule has 7 heteroatoms. The minimum Gasteiger partial charge on any atom is -0.491 e. The average molecular weight is 365 g/mol. The summed E-state index contributed by atoms with van der Waals surface area (Å²) in [4.78, 5) is 12.8. The second-order valence-corrected chi connectivity index (χ2v) is 6.15. The number of aromatic nitrogens is 2. The van der Waals surface area contributed by atoms with Crippen LogP contribution in [0, 0.1) is 5.92 Å². The van der Waals surface area contributed by atoms with E-state index in [-0.39, 0.29) is 30.2 Å². The second-order valence-electron chi connectivity index (χ2n) is 6.15. The molecule has 136 valence electrons. The number of rotatable bonds is 6. The molecule has 6 nitrogen and oxygen atoms in total. The molecule has 3 rings (SSSR count). The number of hydrogen-bond donors (Lipinski definition) is 2. The van der Waals surface area contributed by atoms with Crippen molar-refractivity contribution in [3.05, 3.63) is 42.2 Å². The van der Waals surface area contributed by atoms with Crippen molar-refractivity contribution < 1.29 is 9.53 Å². The van der Waals surface area contributed by atoms with Crippen LogP contribution < -0.4 is 15.4 Å². The van der Waals surface area contributed by atoms with E-state index in [4.69, 9.17) is 4.74 Å². The third kappa shape index (κ3) is 4.52. The van der Waals surface area contributed by atoms with E-state index in [0.717, 1.165) is 30.0 Å². The van der Waals surface area contributed by atoms with Crippen molar-refractivity contribution in [3.8, 4) is 5.75 Å². The molecule has 25 heavy (non-hydrogen) atoms. The van der Waals surface area contributed by atoms with E-state index in [0.29, 0.717) is 13.2 Å². The molecule has 0 radical (unpaired) electrons. The number of hydrogen-bond acceptors (Lipinski definition) is 4. The van der Waals surface area contributed by atoms with Crippen molar-refractivity contribution in [2.24, 2.45) is 13.0 Å². The van der Waals surface area contributed by atoms with Crippen LogP contribution in [0.3, 0.4) is 0 Å². The molecule has 2 aromatic rings. The van der Waals surface area contributed by atoms with Gasteiger partial charge in [-0.3, -0.25) is 9.48 Å². The molecule has 0 spiro atoms. The van der Waals surface area contributed by atoms with Crippen LogP contribution in [0.4, 0.5) is 5.69 Å². The van der Waals surface area contributed by atoms with Gasteiger partial charge in [-0.05, 0) is 24.1 Å². The molecule has 0 unspecified atom stereocenters. The SMILES string of the molecule is CCCOc1ccccc1NC(=O)[C@H]1CNC[C@@H]1c1cnn(C)c1.Cl. The van der Waals surface area contributed by atoms with Crippen LogP contribution in [0.1, 0.15) is 24.8 Å². The first-order valence-electron chi connectivity index (χ1n) is 8.41. The lowest BCUT2D eigenvalue weighted by atomic mass is 9.90. The summed E-state index contributed by atoms with van der Waals surface area (Å²) in [5.41, 5.74) is 1.82. The summed E-state index contributed by atoms with van der Waals surface area (Å²) in [7, 11) is 1.89. The number of carbonyl (C=O) groups is 1. The van der Waals surface area contributed by atoms with Gasteiger partial charge in [0.05, 0.1) is 24.4 Å². The summed E-state index contributed by atoms with van der Waals surface area (Å²) in [6, 6.07) is 7.58. The smallest absolute Gasteiger partial charge is 0.229 e. The molecular weight excluding hydrogens is 340 g/mol. The normalized spacial score (nSPS) is 19.3. The highest BCUT2D eigenvalue weighted by Gasteiger charge is 2.35. The zero-order valence-electron chi connectivity index (χ0n) is 14.6. The van der Waals surface area contributed by atoms with Crippen LogP contribution in [0.25, 0.3) is 0 Å². The van der Waals surface area contributed by atoms with E-state index in [1.807, 2.05) is 43.7 Å². The Kier molecular flexibility index (Phi) is 6.84. The number of amides is 1. The molecule has 1 aliphatic rings. The van der Waals surface area contributed by atoms with Crippen molar-refractivity contribution in [1.29, 1.82) is 0 Å². The Morgan fingerprint density at radius 3 is 2.92 bits per heavy atom. The molecule has 2 heterocycles. The molecular formula is C18H25ClN4O2. The number of halogens is 1. The molecule has 2 atom stereocenters. The maximum Gasteiger partial charge on any atom is 0.229 e. The van der Waals surface area contributed by atoms with E-state index in [1.165, 1.54) is 0 Å². The second kappa shape index (κ2) is 8.87. The van der Waals surface area contributed by atoms with Crippen molar-refractivity contribution >= 4 is 24.0 Å². The molecule has 0 bridgehead atoms. The third-order valence-electron chi connectivity index (χ3n) is 4.31. The summed E-state index contributed by atoms with van der Waals surface area (Å²) in [6.07, 6.45) is 4.75. The molecule has 0 saturated carbocycles. The van der Waals surface area contributed by atoms with Crippen LogP contribution in [0.15, 0.2) is 36.7 Å². The molecule has 1 aromatic heterocycles. The number of anilines is 1. The lowest BCUT2D eigenvalue weighted by Crippen LogP contribution is -2.28. The van der Waals surface area contributed by atoms with Gasteiger partial charge in [0.2, 0.25) is 5.91 Å². The Morgan fingerprint density at radius 2 is 2.20 bits per heavy atom. The number of carbonyl (C=O) groups excluding carboxylic acids is 1. The van der Waals surface area contributed by atoms with Crippen molar-refractivity contribution in [1.82, 2.24) is 15.1 Å². The van der Waals surface area contributed by atoms with Crippen molar-refractivity contribution in [2.45, 2.75) is 19.3 Å². The highest BCUT2D eigenvalue weighted by molar-refractivity contribution is 5.95. The van der Waals surface area contributed by atoms with Crippen LogP contribution in [-0.2, 0) is 11.8 Å². The third-order valence-corrected chi connectivity index (χ3v) is 4.31. The summed E-state index contributed by atoms with van der Waals surface area (Å²) >= 11 is 0. The summed E-state index contributed by atoms with van der Waals surface area (Å²) in [6.45, 7) is 4.15. The maximum atomic E-state index is 12.8. The fourth-order valence-corrected chi connectivity index (χ4v) is 3.07. The maximum absolute atomic E-state index is 12.8. The predicted molar refractivity (Wildman–Crippen MR) is 100 cm³/mol. The van der Waals surface area contributed by atoms with E-state index in [9.17, 15) is 4.79 Å². The number of para-hydroxylation sites is 2. The summed E-state index contributed by atoms with van der Waals surface area (Å²) in [5.74, 6) is 0.758. The number of aryl methyl sites for hydroxylation is 1. The highest BCUT2D eigenvalue weighted by Crippen LogP contribution is 2.30. The van der Waals surface area contributed by atoms with E-state index in [2.05, 4.69) is 22.7 Å². The van der Waals surface area contributed by atoms with E-state index < -0.39 is 0 Å². The van der Waals surface area contributed by atoms with Gasteiger partial charge in [-0.25, -0.2) is 0 Å². The van der Waals surface area contributed by atoms with Gasteiger partial charge in [0, 0.05) is 32.3 Å². The van der Waals surface area contributed by atoms with Crippen LogP contribution in [0.5, 0.6) is 5.75 Å². The average Bonchev–Trinajstić information content (AvgIpc) is 3.22. The predicted octanol–water partition coefficient (Wildman–Crippen LogP) is 2.57. The molecule has 1 saturated heterocycles. The first-order chi connectivity index (χ1) is 11.7. The lowest BCUT2D eigenvalue weighted by Gasteiger charge is -2.18. The molecule has 1 aromatic carbocycles. The van der Waals surface area contributed by atoms with E-state index in [1.54, 1.807) is 4.68 Å². The molecule has 1 amide bonds. The fraction of sp³-hybridized carbons (Fsp3) is 0.444. The minimum absolute atomic E-state index is 0. The number of nitrogens with zero attached hydrogens (tertiary/aromatic N) is 2. The summed E-state index contributed by atoms with van der Waals surface area (Å²) in [5, 5.41) is 10.6. The first-order valence-corrected chi connectivity index (χ1v) is 8.41. The quantitative estimate of drug-likeness (QED) is 0.826. The Labute approximate surface area is 154 Å². The first kappa shape index (κ1) is 19.3. The Balaban J connectivity index is 0.00000225. The van der Waals surface area contributed by atoms with Gasteiger partial charge in [-0.15, -0.1) is 12.4 Å². The Morgan fingerprint density at radius 1 is 1.40 bits per heavy atom. The fourth-order valence-electron chi connectivity index (χ4n) is 3.07. The van der Waals surface area contributed by atoms with Gasteiger partial charge < -0.3 is 15.4 Å². The topological polar surface area (TPSA) is 68.2 Å². The zero-order valence-corrected chi connectivity index (χ0v) is 15.4. The van der Waals surface area contributed by atoms with Gasteiger partial charge in [0.15, 0.2) is 0 Å². The highest BCUT2D eigenvalue weighted by atomic mass is 35.5. The summed E-state index contributed by atoms with van der Waals surface area (Å²) < 4.78 is 7.50. The number of ether oxygens (including phenoxy) is 1. The Hall–Kier alpha value is -2.05. The molecule has 1 aliphatic heterocycles. The number of benzene rings is 1. The molecule has 0 aliphatic carbocycles. The van der Waals surface area contributed by atoms with Gasteiger partial charge in [0.25, 0.3) is 0 Å². The standard InChI is InChI=1S/C18H24N4O2.ClH/c1-3-8-24-17-7-5-4-6-16(17)21-18(23)15-11-19-10-14(15)13-9-20-22(2)12-13;/h4-7,9,12,14-15,19H,3,8,10-11H2,1-2H3,(H,21,23);1H/t14-,15+;/m1./s1. The molecule has 2 N–H and O–H groups in total. The largest absolute Gasteiger partial charge is 0.491 e. The van der Waals surface area contributed by atoms with Crippen molar-refractivity contribution in [3.63, 3.8) is 0 Å². The lowest BCUT2D eigenvalue weighted by molar-refractivity contribution is -0.119. The number of nitrogens with one attached hydrogen (secondary N) is 2.